The number of hydrogen-bond donors (Lipinski definition) is 1. The van der Waals surface area contributed by atoms with E-state index in [4.69, 9.17) is 11.6 Å². The smallest absolute Gasteiger partial charge is 0.261 e. The van der Waals surface area contributed by atoms with Gasteiger partial charge in [0.1, 0.15) is 10.8 Å². The maximum Gasteiger partial charge on any atom is 0.261 e. The minimum atomic E-state index is -0.274. The molecule has 2 aromatic heterocycles. The average Bonchev–Trinajstić information content (AvgIpc) is 3.16. The van der Waals surface area contributed by atoms with E-state index in [1.54, 1.807) is 30.3 Å². The van der Waals surface area contributed by atoms with E-state index in [9.17, 15) is 9.59 Å². The van der Waals surface area contributed by atoms with Gasteiger partial charge in [-0.3, -0.25) is 14.5 Å². The highest BCUT2D eigenvalue weighted by atomic mass is 35.5. The summed E-state index contributed by atoms with van der Waals surface area (Å²) < 4.78 is 0. The SMILES string of the molecule is Cc1cc(Nc2nnc(CCN3C(=O)c4ccccc4C3=O)s2)nc(Cl)n1. The summed E-state index contributed by atoms with van der Waals surface area (Å²) >= 11 is 7.17. The Kier molecular flexibility index (Phi) is 4.54. The highest BCUT2D eigenvalue weighted by Crippen LogP contribution is 2.24. The number of anilines is 2. The van der Waals surface area contributed by atoms with Crippen LogP contribution in [-0.4, -0.2) is 43.4 Å². The normalized spacial score (nSPS) is 13.2. The van der Waals surface area contributed by atoms with Crippen molar-refractivity contribution in [3.05, 3.63) is 57.4 Å². The Bertz CT molecular complexity index is 998. The zero-order chi connectivity index (χ0) is 19.0. The van der Waals surface area contributed by atoms with Gasteiger partial charge in [0.15, 0.2) is 0 Å². The highest BCUT2D eigenvalue weighted by molar-refractivity contribution is 7.15. The Morgan fingerprint density at radius 2 is 1.81 bits per heavy atom. The van der Waals surface area contributed by atoms with Crippen LogP contribution < -0.4 is 5.32 Å². The number of carbonyl (C=O) groups excluding carboxylic acids is 2. The third kappa shape index (κ3) is 3.51. The maximum atomic E-state index is 12.4. The topological polar surface area (TPSA) is 101 Å². The summed E-state index contributed by atoms with van der Waals surface area (Å²) in [6.07, 6.45) is 0.425. The van der Waals surface area contributed by atoms with Crippen molar-refractivity contribution < 1.29 is 9.59 Å². The van der Waals surface area contributed by atoms with E-state index in [-0.39, 0.29) is 23.6 Å². The van der Waals surface area contributed by atoms with Crippen molar-refractivity contribution in [1.82, 2.24) is 25.1 Å². The zero-order valence-electron chi connectivity index (χ0n) is 14.1. The minimum absolute atomic E-state index is 0.146. The molecule has 1 aliphatic rings. The summed E-state index contributed by atoms with van der Waals surface area (Å²) in [6.45, 7) is 2.06. The van der Waals surface area contributed by atoms with Crippen molar-refractivity contribution >= 4 is 45.7 Å². The molecule has 0 saturated carbocycles. The standard InChI is InChI=1S/C17H13ClN6O2S/c1-9-8-12(20-16(18)19-9)21-17-23-22-13(27-17)6-7-24-14(25)10-4-2-3-5-11(10)15(24)26/h2-5,8H,6-7H2,1H3,(H,19,20,21,23). The number of halogens is 1. The number of nitrogens with one attached hydrogen (secondary N) is 1. The first-order valence-electron chi connectivity index (χ1n) is 8.07. The average molecular weight is 401 g/mol. The van der Waals surface area contributed by atoms with Crippen LogP contribution in [0.15, 0.2) is 30.3 Å². The Hall–Kier alpha value is -2.91. The van der Waals surface area contributed by atoms with Crippen molar-refractivity contribution in [2.24, 2.45) is 0 Å². The largest absolute Gasteiger partial charge is 0.315 e. The van der Waals surface area contributed by atoms with Gasteiger partial charge in [0.25, 0.3) is 11.8 Å². The molecule has 0 saturated heterocycles. The van der Waals surface area contributed by atoms with Gasteiger partial charge in [-0.2, -0.15) is 0 Å². The predicted molar refractivity (Wildman–Crippen MR) is 100 cm³/mol. The fourth-order valence-corrected chi connectivity index (χ4v) is 3.72. The molecule has 8 nitrogen and oxygen atoms in total. The van der Waals surface area contributed by atoms with Crippen molar-refractivity contribution in [2.45, 2.75) is 13.3 Å². The van der Waals surface area contributed by atoms with Crippen molar-refractivity contribution in [3.8, 4) is 0 Å². The molecule has 0 bridgehead atoms. The fraction of sp³-hybridized carbons (Fsp3) is 0.176. The van der Waals surface area contributed by atoms with Crippen LogP contribution in [-0.2, 0) is 6.42 Å². The van der Waals surface area contributed by atoms with Crippen LogP contribution in [0.5, 0.6) is 0 Å². The molecule has 0 unspecified atom stereocenters. The summed E-state index contributed by atoms with van der Waals surface area (Å²) in [6, 6.07) is 8.56. The van der Waals surface area contributed by atoms with Crippen molar-refractivity contribution in [1.29, 1.82) is 0 Å². The molecule has 136 valence electrons. The first-order chi connectivity index (χ1) is 13.0. The lowest BCUT2D eigenvalue weighted by atomic mass is 10.1. The van der Waals surface area contributed by atoms with E-state index in [2.05, 4.69) is 25.5 Å². The van der Waals surface area contributed by atoms with Crippen LogP contribution in [0.1, 0.15) is 31.4 Å². The summed E-state index contributed by atoms with van der Waals surface area (Å²) in [5.74, 6) is -0.0234. The molecule has 3 aromatic rings. The van der Waals surface area contributed by atoms with Gasteiger partial charge in [0.2, 0.25) is 10.4 Å². The molecule has 0 fully saturated rings. The van der Waals surface area contributed by atoms with Gasteiger partial charge in [-0.15, -0.1) is 10.2 Å². The lowest BCUT2D eigenvalue weighted by molar-refractivity contribution is 0.0656. The number of carbonyl (C=O) groups is 2. The van der Waals surface area contributed by atoms with Gasteiger partial charge in [-0.05, 0) is 30.7 Å². The Labute approximate surface area is 163 Å². The third-order valence-electron chi connectivity index (χ3n) is 3.96. The van der Waals surface area contributed by atoms with Crippen LogP contribution >= 0.6 is 22.9 Å². The summed E-state index contributed by atoms with van der Waals surface area (Å²) in [5.41, 5.74) is 1.61. The maximum absolute atomic E-state index is 12.4. The number of rotatable bonds is 5. The molecule has 1 aromatic carbocycles. The van der Waals surface area contributed by atoms with Gasteiger partial charge in [-0.25, -0.2) is 9.97 Å². The molecule has 0 atom stereocenters. The molecule has 3 heterocycles. The highest BCUT2D eigenvalue weighted by Gasteiger charge is 2.34. The number of aromatic nitrogens is 4. The van der Waals surface area contributed by atoms with E-state index < -0.39 is 0 Å². The van der Waals surface area contributed by atoms with E-state index in [1.165, 1.54) is 16.2 Å². The van der Waals surface area contributed by atoms with E-state index in [1.807, 2.05) is 6.92 Å². The number of hydrogen-bond acceptors (Lipinski definition) is 8. The second kappa shape index (κ2) is 7.01. The number of imide groups is 1. The third-order valence-corrected chi connectivity index (χ3v) is 5.02. The molecule has 0 spiro atoms. The van der Waals surface area contributed by atoms with Crippen LogP contribution in [0, 0.1) is 6.92 Å². The predicted octanol–water partition coefficient (Wildman–Crippen LogP) is 2.87. The summed E-state index contributed by atoms with van der Waals surface area (Å²) in [7, 11) is 0. The molecule has 4 rings (SSSR count). The van der Waals surface area contributed by atoms with Crippen LogP contribution in [0.25, 0.3) is 0 Å². The monoisotopic (exact) mass is 400 g/mol. The van der Waals surface area contributed by atoms with Gasteiger partial charge >= 0.3 is 0 Å². The van der Waals surface area contributed by atoms with Crippen LogP contribution in [0.2, 0.25) is 5.28 Å². The lowest BCUT2D eigenvalue weighted by Crippen LogP contribution is -2.31. The first kappa shape index (κ1) is 17.5. The molecule has 0 radical (unpaired) electrons. The number of aryl methyl sites for hydroxylation is 1. The van der Waals surface area contributed by atoms with Crippen LogP contribution in [0.4, 0.5) is 10.9 Å². The fourth-order valence-electron chi connectivity index (χ4n) is 2.76. The Balaban J connectivity index is 1.42. The first-order valence-corrected chi connectivity index (χ1v) is 9.26. The van der Waals surface area contributed by atoms with Gasteiger partial charge in [0.05, 0.1) is 11.1 Å². The lowest BCUT2D eigenvalue weighted by Gasteiger charge is -2.12. The summed E-state index contributed by atoms with van der Waals surface area (Å²) in [5, 5.41) is 12.6. The Morgan fingerprint density at radius 3 is 2.48 bits per heavy atom. The second-order valence-electron chi connectivity index (χ2n) is 5.85. The number of amides is 2. The molecule has 2 amide bonds. The molecule has 1 aliphatic heterocycles. The molecular formula is C17H13ClN6O2S. The summed E-state index contributed by atoms with van der Waals surface area (Å²) in [4.78, 5) is 34.1. The molecule has 10 heteroatoms. The number of nitrogens with zero attached hydrogens (tertiary/aromatic N) is 5. The Morgan fingerprint density at radius 1 is 1.11 bits per heavy atom. The quantitative estimate of drug-likeness (QED) is 0.519. The zero-order valence-corrected chi connectivity index (χ0v) is 15.7. The number of fused-ring (bicyclic) bond motifs is 1. The molecular weight excluding hydrogens is 388 g/mol. The van der Waals surface area contributed by atoms with Gasteiger partial charge < -0.3 is 5.32 Å². The van der Waals surface area contributed by atoms with Gasteiger partial charge in [0, 0.05) is 24.7 Å². The van der Waals surface area contributed by atoms with Gasteiger partial charge in [-0.1, -0.05) is 23.5 Å². The molecule has 0 aliphatic carbocycles. The number of benzene rings is 1. The van der Waals surface area contributed by atoms with Crippen molar-refractivity contribution in [3.63, 3.8) is 0 Å². The molecule has 1 N–H and O–H groups in total. The van der Waals surface area contributed by atoms with E-state index in [0.717, 1.165) is 5.69 Å². The molecule has 27 heavy (non-hydrogen) atoms. The van der Waals surface area contributed by atoms with E-state index >= 15 is 0 Å². The van der Waals surface area contributed by atoms with Crippen molar-refractivity contribution in [2.75, 3.05) is 11.9 Å². The minimum Gasteiger partial charge on any atom is -0.315 e. The van der Waals surface area contributed by atoms with E-state index in [0.29, 0.717) is 33.5 Å². The second-order valence-corrected chi connectivity index (χ2v) is 7.25. The van der Waals surface area contributed by atoms with Crippen LogP contribution in [0.3, 0.4) is 0 Å².